The van der Waals surface area contributed by atoms with E-state index in [-0.39, 0.29) is 11.4 Å². The maximum Gasteiger partial charge on any atom is 0.332 e. The number of hydrogen-bond donors (Lipinski definition) is 3. The highest BCUT2D eigenvalue weighted by atomic mass is 32.2. The topological polar surface area (TPSA) is 124 Å². The molecule has 0 bridgehead atoms. The molecule has 0 atom stereocenters. The first kappa shape index (κ1) is 14.1. The van der Waals surface area contributed by atoms with Crippen LogP contribution in [0.15, 0.2) is 27.8 Å². The molecule has 0 aliphatic carbocycles. The van der Waals surface area contributed by atoms with Gasteiger partial charge in [-0.1, -0.05) is 11.8 Å². The second kappa shape index (κ2) is 6.70. The van der Waals surface area contributed by atoms with Gasteiger partial charge in [-0.3, -0.25) is 4.79 Å². The van der Waals surface area contributed by atoms with Crippen LogP contribution in [0.1, 0.15) is 6.92 Å². The number of carbonyl (C=O) groups is 1. The van der Waals surface area contributed by atoms with Gasteiger partial charge >= 0.3 is 5.97 Å². The average Bonchev–Trinajstić information content (AvgIpc) is 2.25. The Balaban J connectivity index is 2.59. The molecular weight excluding hydrogens is 256 g/mol. The van der Waals surface area contributed by atoms with Crippen molar-refractivity contribution in [2.45, 2.75) is 12.1 Å². The number of H-pyrrole nitrogens is 1. The molecule has 0 aromatic carbocycles. The molecule has 1 heterocycles. The third-order valence-electron chi connectivity index (χ3n) is 1.71. The molecule has 0 unspecified atom stereocenters. The number of rotatable bonds is 5. The van der Waals surface area contributed by atoms with E-state index in [2.05, 4.69) is 9.97 Å². The van der Waals surface area contributed by atoms with Crippen molar-refractivity contribution in [2.75, 3.05) is 18.1 Å². The standard InChI is InChI=1S/C10H14N4O3S/c1-2-17-9(16)3-6(11)5-18-10-13-7(12)4-8(15)14-10/h3-4H,2,5,11H2,1H3,(H3,12,13,14,15). The van der Waals surface area contributed by atoms with Crippen LogP contribution < -0.4 is 17.0 Å². The van der Waals surface area contributed by atoms with Gasteiger partial charge in [-0.2, -0.15) is 0 Å². The molecule has 0 saturated heterocycles. The first-order valence-corrected chi connectivity index (χ1v) is 6.12. The number of carbonyl (C=O) groups excluding carboxylic acids is 1. The lowest BCUT2D eigenvalue weighted by molar-refractivity contribution is -0.137. The van der Waals surface area contributed by atoms with Crippen LogP contribution in [0.25, 0.3) is 0 Å². The van der Waals surface area contributed by atoms with Crippen LogP contribution in [0.4, 0.5) is 5.82 Å². The molecule has 0 aliphatic rings. The second-order valence-corrected chi connectivity index (χ2v) is 4.20. The van der Waals surface area contributed by atoms with Crippen LogP contribution in [0.5, 0.6) is 0 Å². The number of nitrogens with two attached hydrogens (primary N) is 2. The molecule has 1 rings (SSSR count). The number of anilines is 1. The van der Waals surface area contributed by atoms with Crippen LogP contribution >= 0.6 is 11.8 Å². The molecule has 1 aromatic rings. The predicted octanol–water partition coefficient (Wildman–Crippen LogP) is -0.150. The van der Waals surface area contributed by atoms with Gasteiger partial charge in [0.1, 0.15) is 5.82 Å². The lowest BCUT2D eigenvalue weighted by Crippen LogP contribution is -2.11. The van der Waals surface area contributed by atoms with Crippen LogP contribution in [-0.2, 0) is 9.53 Å². The van der Waals surface area contributed by atoms with Crippen molar-refractivity contribution in [3.63, 3.8) is 0 Å². The van der Waals surface area contributed by atoms with Gasteiger partial charge in [-0.15, -0.1) is 0 Å². The fraction of sp³-hybridized carbons (Fsp3) is 0.300. The number of thioether (sulfide) groups is 1. The van der Waals surface area contributed by atoms with Gasteiger partial charge < -0.3 is 21.2 Å². The number of aromatic nitrogens is 2. The van der Waals surface area contributed by atoms with Gasteiger partial charge in [0.05, 0.1) is 6.61 Å². The van der Waals surface area contributed by atoms with Crippen LogP contribution in [0.3, 0.4) is 0 Å². The Bertz CT molecular complexity index is 512. The molecule has 0 spiro atoms. The molecule has 7 nitrogen and oxygen atoms in total. The number of esters is 1. The summed E-state index contributed by atoms with van der Waals surface area (Å²) < 4.78 is 4.70. The summed E-state index contributed by atoms with van der Waals surface area (Å²) in [6.45, 7) is 2.00. The molecule has 0 amide bonds. The molecule has 18 heavy (non-hydrogen) atoms. The minimum absolute atomic E-state index is 0.134. The fourth-order valence-electron chi connectivity index (χ4n) is 1.05. The zero-order valence-corrected chi connectivity index (χ0v) is 10.6. The first-order chi connectivity index (χ1) is 8.51. The minimum atomic E-state index is -0.496. The number of nitrogen functional groups attached to an aromatic ring is 1. The maximum atomic E-state index is 11.1. The van der Waals surface area contributed by atoms with Crippen LogP contribution in [-0.4, -0.2) is 28.3 Å². The predicted molar refractivity (Wildman–Crippen MR) is 68.9 cm³/mol. The van der Waals surface area contributed by atoms with Crippen molar-refractivity contribution in [3.8, 4) is 0 Å². The number of nitrogens with one attached hydrogen (secondary N) is 1. The van der Waals surface area contributed by atoms with E-state index in [1.165, 1.54) is 23.9 Å². The van der Waals surface area contributed by atoms with E-state index in [4.69, 9.17) is 16.2 Å². The zero-order chi connectivity index (χ0) is 13.5. The number of hydrogen-bond acceptors (Lipinski definition) is 7. The van der Waals surface area contributed by atoms with Crippen molar-refractivity contribution in [1.29, 1.82) is 0 Å². The third kappa shape index (κ3) is 4.91. The Morgan fingerprint density at radius 2 is 2.39 bits per heavy atom. The van der Waals surface area contributed by atoms with E-state index in [0.29, 0.717) is 23.2 Å². The summed E-state index contributed by atoms with van der Waals surface area (Å²) in [5.74, 6) is -0.0654. The van der Waals surface area contributed by atoms with E-state index in [9.17, 15) is 9.59 Å². The maximum absolute atomic E-state index is 11.1. The van der Waals surface area contributed by atoms with Crippen molar-refractivity contribution < 1.29 is 9.53 Å². The summed E-state index contributed by atoms with van der Waals surface area (Å²) in [5, 5.41) is 0.347. The SMILES string of the molecule is CCOC(=O)C=C(N)CSc1nc(N)cc(=O)[nH]1. The fourth-order valence-corrected chi connectivity index (χ4v) is 1.78. The molecule has 8 heteroatoms. The lowest BCUT2D eigenvalue weighted by atomic mass is 10.4. The molecule has 0 fully saturated rings. The minimum Gasteiger partial charge on any atom is -0.463 e. The van der Waals surface area contributed by atoms with E-state index in [1.54, 1.807) is 6.92 Å². The molecule has 0 radical (unpaired) electrons. The highest BCUT2D eigenvalue weighted by Crippen LogP contribution is 2.13. The summed E-state index contributed by atoms with van der Waals surface area (Å²) in [6, 6.07) is 1.18. The van der Waals surface area contributed by atoms with Gasteiger partial charge in [-0.25, -0.2) is 9.78 Å². The van der Waals surface area contributed by atoms with Crippen LogP contribution in [0, 0.1) is 0 Å². The quantitative estimate of drug-likeness (QED) is 0.294. The summed E-state index contributed by atoms with van der Waals surface area (Å²) >= 11 is 1.17. The molecule has 0 saturated carbocycles. The molecular formula is C10H14N4O3S. The van der Waals surface area contributed by atoms with E-state index in [0.717, 1.165) is 0 Å². The Morgan fingerprint density at radius 1 is 1.67 bits per heavy atom. The average molecular weight is 270 g/mol. The summed E-state index contributed by atoms with van der Waals surface area (Å²) in [7, 11) is 0. The molecule has 1 aromatic heterocycles. The zero-order valence-electron chi connectivity index (χ0n) is 9.80. The van der Waals surface area contributed by atoms with Crippen molar-refractivity contribution in [2.24, 2.45) is 5.73 Å². The van der Waals surface area contributed by atoms with E-state index < -0.39 is 5.97 Å². The second-order valence-electron chi connectivity index (χ2n) is 3.24. The summed E-state index contributed by atoms with van der Waals surface area (Å²) in [4.78, 5) is 28.6. The highest BCUT2D eigenvalue weighted by molar-refractivity contribution is 7.99. The largest absolute Gasteiger partial charge is 0.463 e. The van der Waals surface area contributed by atoms with Gasteiger partial charge in [-0.05, 0) is 6.92 Å². The highest BCUT2D eigenvalue weighted by Gasteiger charge is 2.03. The Morgan fingerprint density at radius 3 is 3.00 bits per heavy atom. The smallest absolute Gasteiger partial charge is 0.332 e. The summed E-state index contributed by atoms with van der Waals surface area (Å²) in [6.07, 6.45) is 1.20. The van der Waals surface area contributed by atoms with Crippen molar-refractivity contribution >= 4 is 23.5 Å². The third-order valence-corrected chi connectivity index (χ3v) is 2.65. The van der Waals surface area contributed by atoms with E-state index >= 15 is 0 Å². The Kier molecular flexibility index (Phi) is 5.25. The van der Waals surface area contributed by atoms with Gasteiger partial charge in [0.25, 0.3) is 5.56 Å². The number of nitrogens with zero attached hydrogens (tertiary/aromatic N) is 1. The lowest BCUT2D eigenvalue weighted by Gasteiger charge is -2.02. The number of ether oxygens (including phenoxy) is 1. The Labute approximate surface area is 108 Å². The van der Waals surface area contributed by atoms with Gasteiger partial charge in [0.2, 0.25) is 0 Å². The normalized spacial score (nSPS) is 11.3. The van der Waals surface area contributed by atoms with Gasteiger partial charge in [0.15, 0.2) is 5.16 Å². The van der Waals surface area contributed by atoms with Crippen molar-refractivity contribution in [1.82, 2.24) is 9.97 Å². The van der Waals surface area contributed by atoms with E-state index in [1.807, 2.05) is 0 Å². The number of aromatic amines is 1. The molecule has 5 N–H and O–H groups in total. The Hall–Kier alpha value is -1.96. The first-order valence-electron chi connectivity index (χ1n) is 5.13. The van der Waals surface area contributed by atoms with Gasteiger partial charge in [0, 0.05) is 23.6 Å². The monoisotopic (exact) mass is 270 g/mol. The molecule has 0 aliphatic heterocycles. The molecule has 98 valence electrons. The van der Waals surface area contributed by atoms with Crippen molar-refractivity contribution in [3.05, 3.63) is 28.2 Å². The van der Waals surface area contributed by atoms with Crippen LogP contribution in [0.2, 0.25) is 0 Å². The summed E-state index contributed by atoms with van der Waals surface area (Å²) in [5.41, 5.74) is 11.0.